The molecule has 0 spiro atoms. The third-order valence-electron chi connectivity index (χ3n) is 5.30. The molecule has 2 aromatic carbocycles. The van der Waals surface area contributed by atoms with Gasteiger partial charge in [-0.15, -0.1) is 0 Å². The number of hydrogen-bond donors (Lipinski definition) is 3. The van der Waals surface area contributed by atoms with Crippen LogP contribution in [0.4, 0.5) is 0 Å². The van der Waals surface area contributed by atoms with E-state index in [2.05, 4.69) is 10.2 Å². The summed E-state index contributed by atoms with van der Waals surface area (Å²) in [4.78, 5) is 0. The van der Waals surface area contributed by atoms with Crippen LogP contribution in [0.1, 0.15) is 28.1 Å². The first-order chi connectivity index (χ1) is 12.5. The quantitative estimate of drug-likeness (QED) is 0.672. The number of aromatic nitrogens is 2. The Bertz CT molecular complexity index is 940. The van der Waals surface area contributed by atoms with Gasteiger partial charge in [-0.2, -0.15) is 5.10 Å². The molecular weight excluding hydrogens is 332 g/mol. The molecule has 1 aliphatic rings. The third kappa shape index (κ3) is 2.08. The summed E-state index contributed by atoms with van der Waals surface area (Å²) in [6.07, 6.45) is 0.708. The van der Waals surface area contributed by atoms with E-state index in [1.165, 1.54) is 14.2 Å². The van der Waals surface area contributed by atoms with Crippen LogP contribution < -0.4 is 9.47 Å². The Hall–Kier alpha value is -3.15. The number of methoxy groups -OCH3 is 2. The average molecular weight is 352 g/mol. The van der Waals surface area contributed by atoms with Crippen LogP contribution in [0.5, 0.6) is 23.0 Å². The molecule has 3 N–H and O–H groups in total. The predicted octanol–water partition coefficient (Wildman–Crippen LogP) is 3.04. The molecule has 0 unspecified atom stereocenters. The number of fused-ring (bicyclic) bond motifs is 2. The molecule has 6 heteroatoms. The summed E-state index contributed by atoms with van der Waals surface area (Å²) in [6.45, 7) is 2.05. The lowest BCUT2D eigenvalue weighted by Gasteiger charge is -2.32. The molecule has 134 valence electrons. The van der Waals surface area contributed by atoms with E-state index in [9.17, 15) is 10.2 Å². The zero-order valence-corrected chi connectivity index (χ0v) is 14.8. The zero-order chi connectivity index (χ0) is 18.5. The number of hydrogen-bond acceptors (Lipinski definition) is 5. The molecule has 0 amide bonds. The Labute approximate surface area is 151 Å². The van der Waals surface area contributed by atoms with Crippen LogP contribution in [0.3, 0.4) is 0 Å². The molecule has 0 atom stereocenters. The molecular formula is C20H20N2O4. The fourth-order valence-electron chi connectivity index (χ4n) is 3.90. The summed E-state index contributed by atoms with van der Waals surface area (Å²) >= 11 is 0. The number of benzene rings is 2. The molecule has 1 aliphatic carbocycles. The van der Waals surface area contributed by atoms with E-state index in [4.69, 9.17) is 9.47 Å². The minimum atomic E-state index is -0.535. The van der Waals surface area contributed by atoms with E-state index in [1.54, 1.807) is 12.1 Å². The van der Waals surface area contributed by atoms with Gasteiger partial charge in [-0.05, 0) is 47.9 Å². The van der Waals surface area contributed by atoms with E-state index in [0.29, 0.717) is 17.9 Å². The fourth-order valence-corrected chi connectivity index (χ4v) is 3.90. The molecule has 26 heavy (non-hydrogen) atoms. The van der Waals surface area contributed by atoms with Crippen molar-refractivity contribution >= 4 is 0 Å². The van der Waals surface area contributed by atoms with Gasteiger partial charge in [0.25, 0.3) is 0 Å². The van der Waals surface area contributed by atoms with Gasteiger partial charge in [0.05, 0.1) is 25.3 Å². The van der Waals surface area contributed by atoms with Crippen LogP contribution in [0.25, 0.3) is 0 Å². The van der Waals surface area contributed by atoms with Gasteiger partial charge < -0.3 is 19.7 Å². The maximum Gasteiger partial charge on any atom is 0.160 e. The molecule has 0 saturated carbocycles. The second-order valence-corrected chi connectivity index (χ2v) is 6.53. The van der Waals surface area contributed by atoms with Crippen molar-refractivity contribution in [3.63, 3.8) is 0 Å². The van der Waals surface area contributed by atoms with Crippen LogP contribution >= 0.6 is 0 Å². The third-order valence-corrected chi connectivity index (χ3v) is 5.30. The highest BCUT2D eigenvalue weighted by molar-refractivity contribution is 5.61. The Balaban J connectivity index is 1.99. The van der Waals surface area contributed by atoms with Crippen molar-refractivity contribution in [3.05, 3.63) is 64.5 Å². The second kappa shape index (κ2) is 5.69. The van der Waals surface area contributed by atoms with E-state index < -0.39 is 5.41 Å². The standard InChI is InChI=1S/C20H20N2O4/c1-11-14-10-20(19(11)22-21-14,12-4-6-15(23)17(8-12)25-2)13-5-7-16(24)18(9-13)26-3/h4-9,23-24H,10H2,1-3H3,(H,21,22). The predicted molar refractivity (Wildman–Crippen MR) is 96.2 cm³/mol. The average Bonchev–Trinajstić information content (AvgIpc) is 3.15. The maximum atomic E-state index is 10.0. The van der Waals surface area contributed by atoms with Crippen molar-refractivity contribution in [1.29, 1.82) is 0 Å². The topological polar surface area (TPSA) is 87.6 Å². The van der Waals surface area contributed by atoms with Crippen LogP contribution in [0.2, 0.25) is 0 Å². The Kier molecular flexibility index (Phi) is 3.57. The van der Waals surface area contributed by atoms with Crippen molar-refractivity contribution in [2.75, 3.05) is 14.2 Å². The number of phenols is 2. The van der Waals surface area contributed by atoms with E-state index in [0.717, 1.165) is 28.1 Å². The van der Waals surface area contributed by atoms with E-state index in [1.807, 2.05) is 31.2 Å². The van der Waals surface area contributed by atoms with Crippen LogP contribution in [-0.2, 0) is 11.8 Å². The molecule has 0 radical (unpaired) electrons. The molecule has 1 aromatic heterocycles. The summed E-state index contributed by atoms with van der Waals surface area (Å²) in [5, 5.41) is 27.6. The zero-order valence-electron chi connectivity index (χ0n) is 14.8. The molecule has 1 heterocycles. The summed E-state index contributed by atoms with van der Waals surface area (Å²) in [6, 6.07) is 10.7. The SMILES string of the molecule is COc1cc(C2(c3ccc(O)c(OC)c3)Cc3[nH]nc2c3C)ccc1O. The number of nitrogens with zero attached hydrogens (tertiary/aromatic N) is 1. The molecule has 3 aromatic rings. The van der Waals surface area contributed by atoms with Crippen LogP contribution in [0.15, 0.2) is 36.4 Å². The highest BCUT2D eigenvalue weighted by Gasteiger charge is 2.46. The van der Waals surface area contributed by atoms with Crippen molar-refractivity contribution < 1.29 is 19.7 Å². The number of phenolic OH excluding ortho intramolecular Hbond substituents is 2. The lowest BCUT2D eigenvalue weighted by atomic mass is 9.71. The monoisotopic (exact) mass is 352 g/mol. The largest absolute Gasteiger partial charge is 0.504 e. The summed E-state index contributed by atoms with van der Waals surface area (Å²) in [5.74, 6) is 0.996. The first kappa shape index (κ1) is 16.3. The molecule has 0 saturated heterocycles. The molecule has 2 bridgehead atoms. The van der Waals surface area contributed by atoms with Crippen molar-refractivity contribution in [1.82, 2.24) is 10.2 Å². The lowest BCUT2D eigenvalue weighted by Crippen LogP contribution is -2.31. The van der Waals surface area contributed by atoms with Gasteiger partial charge in [0.1, 0.15) is 0 Å². The molecule has 4 rings (SSSR count). The van der Waals surface area contributed by atoms with Crippen molar-refractivity contribution in [2.24, 2.45) is 0 Å². The number of ether oxygens (including phenoxy) is 2. The van der Waals surface area contributed by atoms with Crippen molar-refractivity contribution in [2.45, 2.75) is 18.8 Å². The highest BCUT2D eigenvalue weighted by Crippen LogP contribution is 2.50. The van der Waals surface area contributed by atoms with Gasteiger partial charge in [0, 0.05) is 12.1 Å². The number of aromatic amines is 1. The van der Waals surface area contributed by atoms with Gasteiger partial charge in [0.15, 0.2) is 23.0 Å². The minimum absolute atomic E-state index is 0.0891. The minimum Gasteiger partial charge on any atom is -0.504 e. The number of rotatable bonds is 4. The van der Waals surface area contributed by atoms with Crippen LogP contribution in [-0.4, -0.2) is 34.6 Å². The normalized spacial score (nSPS) is 14.4. The van der Waals surface area contributed by atoms with E-state index >= 15 is 0 Å². The maximum absolute atomic E-state index is 10.0. The van der Waals surface area contributed by atoms with Gasteiger partial charge in [-0.25, -0.2) is 0 Å². The van der Waals surface area contributed by atoms with Gasteiger partial charge in [-0.3, -0.25) is 5.10 Å². The van der Waals surface area contributed by atoms with Crippen LogP contribution in [0, 0.1) is 6.92 Å². The smallest absolute Gasteiger partial charge is 0.160 e. The Morgan fingerprint density at radius 2 is 1.50 bits per heavy atom. The first-order valence-electron chi connectivity index (χ1n) is 8.30. The van der Waals surface area contributed by atoms with E-state index in [-0.39, 0.29) is 11.5 Å². The highest BCUT2D eigenvalue weighted by atomic mass is 16.5. The Morgan fingerprint density at radius 1 is 0.962 bits per heavy atom. The summed E-state index contributed by atoms with van der Waals surface area (Å²) < 4.78 is 10.6. The van der Waals surface area contributed by atoms with Gasteiger partial charge in [0.2, 0.25) is 0 Å². The number of aromatic hydroxyl groups is 2. The first-order valence-corrected chi connectivity index (χ1v) is 8.30. The second-order valence-electron chi connectivity index (χ2n) is 6.53. The number of H-pyrrole nitrogens is 1. The number of nitrogens with one attached hydrogen (secondary N) is 1. The van der Waals surface area contributed by atoms with Crippen molar-refractivity contribution in [3.8, 4) is 23.0 Å². The molecule has 6 nitrogen and oxygen atoms in total. The summed E-state index contributed by atoms with van der Waals surface area (Å²) in [5.41, 5.74) is 4.48. The molecule has 0 aliphatic heterocycles. The fraction of sp³-hybridized carbons (Fsp3) is 0.250. The van der Waals surface area contributed by atoms with Gasteiger partial charge >= 0.3 is 0 Å². The Morgan fingerprint density at radius 3 is 1.88 bits per heavy atom. The summed E-state index contributed by atoms with van der Waals surface area (Å²) in [7, 11) is 3.06. The molecule has 0 fully saturated rings. The van der Waals surface area contributed by atoms with Gasteiger partial charge in [-0.1, -0.05) is 12.1 Å². The lowest BCUT2D eigenvalue weighted by molar-refractivity contribution is 0.370.